The Bertz CT molecular complexity index is 524. The highest BCUT2D eigenvalue weighted by Gasteiger charge is 2.31. The van der Waals surface area contributed by atoms with Crippen LogP contribution in [-0.4, -0.2) is 18.0 Å². The van der Waals surface area contributed by atoms with Gasteiger partial charge in [0.1, 0.15) is 0 Å². The minimum absolute atomic E-state index is 0.772. The summed E-state index contributed by atoms with van der Waals surface area (Å²) in [5.74, 6) is 0.772. The van der Waals surface area contributed by atoms with Gasteiger partial charge < -0.3 is 4.90 Å². The fourth-order valence-electron chi connectivity index (χ4n) is 3.00. The van der Waals surface area contributed by atoms with Crippen molar-refractivity contribution in [3.8, 4) is 0 Å². The second-order valence-corrected chi connectivity index (χ2v) is 5.85. The SMILES string of the molecule is C=C1C=C(C2CC2)C2=CC(C)=CCC=C2CN1CC. The van der Waals surface area contributed by atoms with Crippen molar-refractivity contribution < 1.29 is 0 Å². The lowest BCUT2D eigenvalue weighted by molar-refractivity contribution is 0.410. The summed E-state index contributed by atoms with van der Waals surface area (Å²) in [6.07, 6.45) is 13.2. The molecule has 2 aliphatic carbocycles. The molecule has 1 saturated carbocycles. The number of rotatable bonds is 2. The molecule has 1 fully saturated rings. The van der Waals surface area contributed by atoms with Crippen LogP contribution in [0.2, 0.25) is 0 Å². The zero-order chi connectivity index (χ0) is 13.4. The molecule has 0 atom stereocenters. The molecule has 0 amide bonds. The van der Waals surface area contributed by atoms with E-state index in [2.05, 4.69) is 49.6 Å². The molecular formula is C18H23N. The first-order valence-electron chi connectivity index (χ1n) is 7.42. The van der Waals surface area contributed by atoms with Crippen molar-refractivity contribution in [3.63, 3.8) is 0 Å². The fraction of sp³-hybridized carbons (Fsp3) is 0.444. The second kappa shape index (κ2) is 4.88. The van der Waals surface area contributed by atoms with E-state index in [9.17, 15) is 0 Å². The quantitative estimate of drug-likeness (QED) is 0.706. The van der Waals surface area contributed by atoms with E-state index in [4.69, 9.17) is 0 Å². The Balaban J connectivity index is 2.08. The number of allylic oxidation sites excluding steroid dienone is 6. The van der Waals surface area contributed by atoms with E-state index in [1.165, 1.54) is 40.8 Å². The Morgan fingerprint density at radius 2 is 2.05 bits per heavy atom. The van der Waals surface area contributed by atoms with Gasteiger partial charge in [-0.15, -0.1) is 0 Å². The van der Waals surface area contributed by atoms with Crippen LogP contribution < -0.4 is 0 Å². The summed E-state index contributed by atoms with van der Waals surface area (Å²) in [5.41, 5.74) is 7.07. The van der Waals surface area contributed by atoms with E-state index in [1.807, 2.05) is 0 Å². The molecule has 0 saturated heterocycles. The first-order valence-corrected chi connectivity index (χ1v) is 7.42. The summed E-state index contributed by atoms with van der Waals surface area (Å²) in [7, 11) is 0. The molecule has 19 heavy (non-hydrogen) atoms. The van der Waals surface area contributed by atoms with Gasteiger partial charge in [0.2, 0.25) is 0 Å². The van der Waals surface area contributed by atoms with E-state index in [0.717, 1.165) is 25.4 Å². The predicted molar refractivity (Wildman–Crippen MR) is 81.7 cm³/mol. The van der Waals surface area contributed by atoms with Gasteiger partial charge >= 0.3 is 0 Å². The Morgan fingerprint density at radius 1 is 1.26 bits per heavy atom. The molecule has 1 nitrogen and oxygen atoms in total. The van der Waals surface area contributed by atoms with Gasteiger partial charge in [-0.25, -0.2) is 0 Å². The van der Waals surface area contributed by atoms with Crippen LogP contribution in [0.4, 0.5) is 0 Å². The van der Waals surface area contributed by atoms with E-state index >= 15 is 0 Å². The van der Waals surface area contributed by atoms with Gasteiger partial charge in [0, 0.05) is 18.8 Å². The standard InChI is InChI=1S/C18H23N/c1-4-19-12-16-7-5-6-13(2)10-17(16)18(11-14(19)3)15-8-9-15/h6-7,10-11,15H,3-5,8-9,12H2,1-2H3. The predicted octanol–water partition coefficient (Wildman–Crippen LogP) is 4.37. The minimum atomic E-state index is 0.772. The first-order chi connectivity index (χ1) is 9.19. The summed E-state index contributed by atoms with van der Waals surface area (Å²) in [6.45, 7) is 10.7. The molecule has 3 aliphatic rings. The molecule has 3 rings (SSSR count). The maximum Gasteiger partial charge on any atom is 0.0432 e. The molecule has 0 spiro atoms. The molecule has 100 valence electrons. The largest absolute Gasteiger partial charge is 0.368 e. The van der Waals surface area contributed by atoms with Crippen LogP contribution in [-0.2, 0) is 0 Å². The zero-order valence-corrected chi connectivity index (χ0v) is 12.1. The highest BCUT2D eigenvalue weighted by molar-refractivity contribution is 5.57. The van der Waals surface area contributed by atoms with Gasteiger partial charge in [-0.2, -0.15) is 0 Å². The molecule has 0 radical (unpaired) electrons. The van der Waals surface area contributed by atoms with Gasteiger partial charge in [0.05, 0.1) is 0 Å². The maximum atomic E-state index is 4.27. The zero-order valence-electron chi connectivity index (χ0n) is 12.1. The third kappa shape index (κ3) is 2.47. The normalized spacial score (nSPS) is 23.7. The van der Waals surface area contributed by atoms with Gasteiger partial charge in [-0.1, -0.05) is 30.4 Å². The summed E-state index contributed by atoms with van der Waals surface area (Å²) >= 11 is 0. The summed E-state index contributed by atoms with van der Waals surface area (Å²) in [4.78, 5) is 2.38. The summed E-state index contributed by atoms with van der Waals surface area (Å²) in [6, 6.07) is 0. The topological polar surface area (TPSA) is 3.24 Å². The first kappa shape index (κ1) is 12.5. The van der Waals surface area contributed by atoms with Crippen LogP contribution in [0.3, 0.4) is 0 Å². The Kier molecular flexibility index (Phi) is 3.22. The molecule has 0 aromatic carbocycles. The van der Waals surface area contributed by atoms with Gasteiger partial charge in [0.25, 0.3) is 0 Å². The molecule has 1 heteroatoms. The van der Waals surface area contributed by atoms with Crippen molar-refractivity contribution in [1.29, 1.82) is 0 Å². The van der Waals surface area contributed by atoms with Crippen LogP contribution in [0.1, 0.15) is 33.1 Å². The third-order valence-electron chi connectivity index (χ3n) is 4.32. The fourth-order valence-corrected chi connectivity index (χ4v) is 3.00. The summed E-state index contributed by atoms with van der Waals surface area (Å²) < 4.78 is 0. The molecule has 0 aromatic rings. The highest BCUT2D eigenvalue weighted by Crippen LogP contribution is 2.44. The van der Waals surface area contributed by atoms with Crippen molar-refractivity contribution >= 4 is 0 Å². The average molecular weight is 253 g/mol. The van der Waals surface area contributed by atoms with E-state index in [-0.39, 0.29) is 0 Å². The monoisotopic (exact) mass is 253 g/mol. The van der Waals surface area contributed by atoms with E-state index < -0.39 is 0 Å². The molecular weight excluding hydrogens is 230 g/mol. The Labute approximate surface area is 116 Å². The molecule has 0 aromatic heterocycles. The number of likely N-dealkylation sites (N-methyl/N-ethyl adjacent to an activating group) is 1. The highest BCUT2D eigenvalue weighted by atomic mass is 15.1. The second-order valence-electron chi connectivity index (χ2n) is 5.85. The van der Waals surface area contributed by atoms with Crippen molar-refractivity contribution in [3.05, 3.63) is 58.9 Å². The van der Waals surface area contributed by atoms with Crippen LogP contribution in [0, 0.1) is 5.92 Å². The lowest BCUT2D eigenvalue weighted by Crippen LogP contribution is -2.22. The lowest BCUT2D eigenvalue weighted by Gasteiger charge is -2.22. The van der Waals surface area contributed by atoms with Crippen molar-refractivity contribution in [1.82, 2.24) is 4.90 Å². The average Bonchev–Trinajstić information content (AvgIpc) is 3.20. The van der Waals surface area contributed by atoms with Gasteiger partial charge in [-0.05, 0) is 61.8 Å². The number of hydrogen-bond donors (Lipinski definition) is 0. The maximum absolute atomic E-state index is 4.27. The number of fused-ring (bicyclic) bond motifs is 1. The number of hydrogen-bond acceptors (Lipinski definition) is 1. The Morgan fingerprint density at radius 3 is 2.74 bits per heavy atom. The van der Waals surface area contributed by atoms with E-state index in [0.29, 0.717) is 0 Å². The molecule has 0 bridgehead atoms. The molecule has 0 N–H and O–H groups in total. The molecule has 0 unspecified atom stereocenters. The molecule has 1 heterocycles. The van der Waals surface area contributed by atoms with Crippen LogP contribution >= 0.6 is 0 Å². The van der Waals surface area contributed by atoms with Gasteiger partial charge in [-0.3, -0.25) is 0 Å². The Hall–Kier alpha value is -1.50. The minimum Gasteiger partial charge on any atom is -0.368 e. The molecule has 1 aliphatic heterocycles. The smallest absolute Gasteiger partial charge is 0.0432 e. The lowest BCUT2D eigenvalue weighted by atomic mass is 9.93. The summed E-state index contributed by atoms with van der Waals surface area (Å²) in [5, 5.41) is 0. The van der Waals surface area contributed by atoms with Crippen LogP contribution in [0.15, 0.2) is 58.9 Å². The third-order valence-corrected chi connectivity index (χ3v) is 4.32. The van der Waals surface area contributed by atoms with Crippen LogP contribution in [0.5, 0.6) is 0 Å². The van der Waals surface area contributed by atoms with Crippen molar-refractivity contribution in [2.45, 2.75) is 33.1 Å². The number of nitrogens with zero attached hydrogens (tertiary/aromatic N) is 1. The van der Waals surface area contributed by atoms with Crippen LogP contribution in [0.25, 0.3) is 0 Å². The van der Waals surface area contributed by atoms with Crippen molar-refractivity contribution in [2.75, 3.05) is 13.1 Å². The van der Waals surface area contributed by atoms with E-state index in [1.54, 1.807) is 0 Å². The van der Waals surface area contributed by atoms with Crippen molar-refractivity contribution in [2.24, 2.45) is 5.92 Å². The van der Waals surface area contributed by atoms with Gasteiger partial charge in [0.15, 0.2) is 0 Å².